The van der Waals surface area contributed by atoms with Crippen LogP contribution in [0.5, 0.6) is 0 Å². The van der Waals surface area contributed by atoms with Gasteiger partial charge in [0.15, 0.2) is 0 Å². The van der Waals surface area contributed by atoms with Crippen LogP contribution in [-0.2, 0) is 6.54 Å². The van der Waals surface area contributed by atoms with Gasteiger partial charge in [0.05, 0.1) is 12.0 Å². The minimum atomic E-state index is 0.774. The summed E-state index contributed by atoms with van der Waals surface area (Å²) in [6, 6.07) is 1.96. The first-order chi connectivity index (χ1) is 6.33. The van der Waals surface area contributed by atoms with Crippen molar-refractivity contribution in [1.82, 2.24) is 10.3 Å². The van der Waals surface area contributed by atoms with Gasteiger partial charge >= 0.3 is 0 Å². The monoisotopic (exact) mass is 176 g/mol. The van der Waals surface area contributed by atoms with Gasteiger partial charge in [-0.3, -0.25) is 4.98 Å². The summed E-state index contributed by atoms with van der Waals surface area (Å²) in [7, 11) is 1.91. The quantitative estimate of drug-likeness (QED) is 0.758. The third-order valence-corrected chi connectivity index (χ3v) is 2.09. The highest BCUT2D eigenvalue weighted by Gasteiger charge is 2.06. The van der Waals surface area contributed by atoms with Gasteiger partial charge in [-0.2, -0.15) is 0 Å². The van der Waals surface area contributed by atoms with E-state index in [1.807, 2.05) is 26.2 Å². The predicted octanol–water partition coefficient (Wildman–Crippen LogP) is 1.86. The second-order valence-electron chi connectivity index (χ2n) is 3.08. The van der Waals surface area contributed by atoms with Crippen LogP contribution >= 0.6 is 0 Å². The lowest BCUT2D eigenvalue weighted by Gasteiger charge is -2.01. The van der Waals surface area contributed by atoms with E-state index in [1.165, 1.54) is 0 Å². The van der Waals surface area contributed by atoms with Crippen molar-refractivity contribution < 1.29 is 4.42 Å². The molecule has 0 radical (unpaired) electrons. The molecule has 0 saturated carbocycles. The Morgan fingerprint density at radius 1 is 1.54 bits per heavy atom. The number of furan rings is 1. The van der Waals surface area contributed by atoms with E-state index in [-0.39, 0.29) is 0 Å². The molecule has 0 bridgehead atoms. The van der Waals surface area contributed by atoms with E-state index < -0.39 is 0 Å². The standard InChI is InChI=1S/C10H12N2O/c1-7-5-12-9(6-11-2)8-3-4-13-10(7)8/h3-5,11H,6H2,1-2H3. The fourth-order valence-electron chi connectivity index (χ4n) is 1.45. The first-order valence-electron chi connectivity index (χ1n) is 4.29. The van der Waals surface area contributed by atoms with Crippen LogP contribution in [-0.4, -0.2) is 12.0 Å². The molecule has 2 aromatic rings. The van der Waals surface area contributed by atoms with Crippen LogP contribution in [0, 0.1) is 6.92 Å². The zero-order chi connectivity index (χ0) is 9.26. The molecule has 2 rings (SSSR count). The van der Waals surface area contributed by atoms with E-state index in [0.29, 0.717) is 0 Å². The molecule has 2 heterocycles. The normalized spacial score (nSPS) is 10.9. The predicted molar refractivity (Wildman–Crippen MR) is 51.5 cm³/mol. The van der Waals surface area contributed by atoms with Crippen LogP contribution in [0.2, 0.25) is 0 Å². The molecule has 0 atom stereocenters. The Morgan fingerprint density at radius 2 is 2.38 bits per heavy atom. The Kier molecular flexibility index (Phi) is 2.02. The van der Waals surface area contributed by atoms with Crippen LogP contribution in [0.1, 0.15) is 11.3 Å². The third kappa shape index (κ3) is 1.31. The van der Waals surface area contributed by atoms with Crippen molar-refractivity contribution in [3.05, 3.63) is 29.8 Å². The topological polar surface area (TPSA) is 38.1 Å². The Hall–Kier alpha value is -1.35. The molecule has 0 spiro atoms. The fraction of sp³-hybridized carbons (Fsp3) is 0.300. The molecule has 0 aliphatic carbocycles. The highest BCUT2D eigenvalue weighted by atomic mass is 16.3. The lowest BCUT2D eigenvalue weighted by Crippen LogP contribution is -2.07. The van der Waals surface area contributed by atoms with Gasteiger partial charge in [-0.15, -0.1) is 0 Å². The maximum atomic E-state index is 5.37. The van der Waals surface area contributed by atoms with Gasteiger partial charge in [-0.05, 0) is 20.0 Å². The maximum absolute atomic E-state index is 5.37. The average Bonchev–Trinajstić information content (AvgIpc) is 2.59. The van der Waals surface area contributed by atoms with Gasteiger partial charge in [-0.1, -0.05) is 0 Å². The molecule has 0 amide bonds. The van der Waals surface area contributed by atoms with Gasteiger partial charge in [0.2, 0.25) is 0 Å². The fourth-order valence-corrected chi connectivity index (χ4v) is 1.45. The van der Waals surface area contributed by atoms with Crippen molar-refractivity contribution in [2.75, 3.05) is 7.05 Å². The smallest absolute Gasteiger partial charge is 0.140 e. The Balaban J connectivity index is 2.64. The highest BCUT2D eigenvalue weighted by Crippen LogP contribution is 2.21. The third-order valence-electron chi connectivity index (χ3n) is 2.09. The number of nitrogens with zero attached hydrogens (tertiary/aromatic N) is 1. The summed E-state index contributed by atoms with van der Waals surface area (Å²) < 4.78 is 5.37. The Morgan fingerprint density at radius 3 is 3.15 bits per heavy atom. The van der Waals surface area contributed by atoms with Gasteiger partial charge < -0.3 is 9.73 Å². The van der Waals surface area contributed by atoms with Gasteiger partial charge in [-0.25, -0.2) is 0 Å². The van der Waals surface area contributed by atoms with E-state index in [2.05, 4.69) is 10.3 Å². The summed E-state index contributed by atoms with van der Waals surface area (Å²) >= 11 is 0. The van der Waals surface area contributed by atoms with Crippen molar-refractivity contribution in [2.45, 2.75) is 13.5 Å². The lowest BCUT2D eigenvalue weighted by atomic mass is 10.2. The molecule has 0 aliphatic rings. The van der Waals surface area contributed by atoms with Crippen LogP contribution < -0.4 is 5.32 Å². The summed E-state index contributed by atoms with van der Waals surface area (Å²) in [5.41, 5.74) is 3.07. The van der Waals surface area contributed by atoms with E-state index in [0.717, 1.165) is 28.8 Å². The molecular formula is C10H12N2O. The molecule has 0 aliphatic heterocycles. The second-order valence-corrected chi connectivity index (χ2v) is 3.08. The number of rotatable bonds is 2. The molecule has 1 N–H and O–H groups in total. The molecule has 13 heavy (non-hydrogen) atoms. The lowest BCUT2D eigenvalue weighted by molar-refractivity contribution is 0.612. The van der Waals surface area contributed by atoms with Crippen LogP contribution in [0.15, 0.2) is 22.9 Å². The van der Waals surface area contributed by atoms with Crippen molar-refractivity contribution in [3.63, 3.8) is 0 Å². The van der Waals surface area contributed by atoms with Crippen molar-refractivity contribution >= 4 is 11.0 Å². The van der Waals surface area contributed by atoms with Crippen LogP contribution in [0.3, 0.4) is 0 Å². The second kappa shape index (κ2) is 3.18. The summed E-state index contributed by atoms with van der Waals surface area (Å²) in [5, 5.41) is 4.19. The summed E-state index contributed by atoms with van der Waals surface area (Å²) in [4.78, 5) is 4.35. The molecule has 2 aromatic heterocycles. The molecule has 0 unspecified atom stereocenters. The minimum Gasteiger partial charge on any atom is -0.464 e. The highest BCUT2D eigenvalue weighted by molar-refractivity contribution is 5.82. The SMILES string of the molecule is CNCc1ncc(C)c2occc12. The van der Waals surface area contributed by atoms with Crippen LogP contribution in [0.25, 0.3) is 11.0 Å². The van der Waals surface area contributed by atoms with E-state index in [4.69, 9.17) is 4.42 Å². The van der Waals surface area contributed by atoms with Crippen molar-refractivity contribution in [1.29, 1.82) is 0 Å². The molecular weight excluding hydrogens is 164 g/mol. The minimum absolute atomic E-state index is 0.774. The summed E-state index contributed by atoms with van der Waals surface area (Å²) in [6.45, 7) is 2.78. The molecule has 0 aromatic carbocycles. The van der Waals surface area contributed by atoms with Gasteiger partial charge in [0, 0.05) is 23.7 Å². The molecule has 0 saturated heterocycles. The van der Waals surface area contributed by atoms with Crippen molar-refractivity contribution in [3.8, 4) is 0 Å². The number of fused-ring (bicyclic) bond motifs is 1. The van der Waals surface area contributed by atoms with Crippen LogP contribution in [0.4, 0.5) is 0 Å². The van der Waals surface area contributed by atoms with Gasteiger partial charge in [0.25, 0.3) is 0 Å². The maximum Gasteiger partial charge on any atom is 0.140 e. The Labute approximate surface area is 76.8 Å². The average molecular weight is 176 g/mol. The number of hydrogen-bond donors (Lipinski definition) is 1. The zero-order valence-electron chi connectivity index (χ0n) is 7.79. The first-order valence-corrected chi connectivity index (χ1v) is 4.29. The van der Waals surface area contributed by atoms with E-state index in [9.17, 15) is 0 Å². The van der Waals surface area contributed by atoms with Crippen molar-refractivity contribution in [2.24, 2.45) is 0 Å². The largest absolute Gasteiger partial charge is 0.464 e. The summed E-state index contributed by atoms with van der Waals surface area (Å²) in [5.74, 6) is 0. The number of aryl methyl sites for hydroxylation is 1. The molecule has 0 fully saturated rings. The molecule has 68 valence electrons. The number of aromatic nitrogens is 1. The zero-order valence-corrected chi connectivity index (χ0v) is 7.79. The van der Waals surface area contributed by atoms with E-state index >= 15 is 0 Å². The number of nitrogens with one attached hydrogen (secondary N) is 1. The Bertz CT molecular complexity index is 420. The molecule has 3 heteroatoms. The first kappa shape index (κ1) is 8.26. The van der Waals surface area contributed by atoms with Gasteiger partial charge in [0.1, 0.15) is 5.58 Å². The van der Waals surface area contributed by atoms with E-state index in [1.54, 1.807) is 6.26 Å². The number of pyridine rings is 1. The number of hydrogen-bond acceptors (Lipinski definition) is 3. The molecule has 3 nitrogen and oxygen atoms in total. The summed E-state index contributed by atoms with van der Waals surface area (Å²) in [6.07, 6.45) is 3.55.